The van der Waals surface area contributed by atoms with Gasteiger partial charge in [-0.1, -0.05) is 35.9 Å². The first kappa shape index (κ1) is 20.3. The summed E-state index contributed by atoms with van der Waals surface area (Å²) in [6, 6.07) is 14.8. The quantitative estimate of drug-likeness (QED) is 0.472. The van der Waals surface area contributed by atoms with Crippen molar-refractivity contribution < 1.29 is 19.4 Å². The summed E-state index contributed by atoms with van der Waals surface area (Å²) in [5.74, 6) is -2.36. The number of rotatable bonds is 7. The lowest BCUT2D eigenvalue weighted by Crippen LogP contribution is -2.38. The normalized spacial score (nSPS) is 11.5. The molecule has 3 aromatic rings. The van der Waals surface area contributed by atoms with Crippen molar-refractivity contribution in [1.29, 1.82) is 0 Å². The number of amides is 1. The standard InChI is InChI=1S/C21H18ClN3O4/c1-29-16-8-6-15(7-9-16)19(21(27)28)20(26)25(18-4-2-3-11-23-18)13-14-5-10-17(22)24-12-14/h2-12,19H,13H2,1H3,(H,27,28). The summed E-state index contributed by atoms with van der Waals surface area (Å²) in [5.41, 5.74) is 1.03. The third-order valence-corrected chi connectivity index (χ3v) is 4.49. The highest BCUT2D eigenvalue weighted by atomic mass is 35.5. The van der Waals surface area contributed by atoms with Crippen molar-refractivity contribution in [2.45, 2.75) is 12.5 Å². The lowest BCUT2D eigenvalue weighted by Gasteiger charge is -2.25. The van der Waals surface area contributed by atoms with Gasteiger partial charge in [-0.05, 0) is 41.5 Å². The van der Waals surface area contributed by atoms with Crippen LogP contribution in [0.15, 0.2) is 67.0 Å². The number of aliphatic carboxylic acids is 1. The third kappa shape index (κ3) is 4.89. The molecule has 0 fully saturated rings. The Hall–Kier alpha value is -3.45. The first-order valence-electron chi connectivity index (χ1n) is 8.69. The molecule has 0 radical (unpaired) electrons. The van der Waals surface area contributed by atoms with Gasteiger partial charge in [-0.25, -0.2) is 9.97 Å². The van der Waals surface area contributed by atoms with Crippen molar-refractivity contribution in [1.82, 2.24) is 9.97 Å². The predicted octanol–water partition coefficient (Wildman–Crippen LogP) is 3.54. The van der Waals surface area contributed by atoms with Crippen LogP contribution in [0.3, 0.4) is 0 Å². The zero-order valence-corrected chi connectivity index (χ0v) is 16.3. The van der Waals surface area contributed by atoms with E-state index in [4.69, 9.17) is 16.3 Å². The van der Waals surface area contributed by atoms with Crippen molar-refractivity contribution in [2.24, 2.45) is 0 Å². The van der Waals surface area contributed by atoms with Crippen LogP contribution in [0.25, 0.3) is 0 Å². The Morgan fingerprint density at radius 1 is 1.10 bits per heavy atom. The van der Waals surface area contributed by atoms with Crippen molar-refractivity contribution in [2.75, 3.05) is 12.0 Å². The molecule has 0 saturated heterocycles. The van der Waals surface area contributed by atoms with E-state index in [1.165, 1.54) is 18.2 Å². The monoisotopic (exact) mass is 411 g/mol. The summed E-state index contributed by atoms with van der Waals surface area (Å²) in [6.45, 7) is 0.0972. The van der Waals surface area contributed by atoms with Crippen LogP contribution in [0, 0.1) is 0 Å². The van der Waals surface area contributed by atoms with Crippen LogP contribution < -0.4 is 9.64 Å². The Bertz CT molecular complexity index is 979. The number of halogens is 1. The Balaban J connectivity index is 1.98. The van der Waals surface area contributed by atoms with Crippen molar-refractivity contribution >= 4 is 29.3 Å². The number of carbonyl (C=O) groups is 2. The van der Waals surface area contributed by atoms with Gasteiger partial charge in [-0.3, -0.25) is 14.5 Å². The molecule has 8 heteroatoms. The van der Waals surface area contributed by atoms with Crippen LogP contribution >= 0.6 is 11.6 Å². The average Bonchev–Trinajstić information content (AvgIpc) is 2.74. The minimum Gasteiger partial charge on any atom is -0.497 e. The molecule has 7 nitrogen and oxygen atoms in total. The molecule has 1 unspecified atom stereocenters. The number of hydrogen-bond donors (Lipinski definition) is 1. The largest absolute Gasteiger partial charge is 0.497 e. The predicted molar refractivity (Wildman–Crippen MR) is 108 cm³/mol. The Kier molecular flexibility index (Phi) is 6.41. The molecular formula is C21H18ClN3O4. The maximum atomic E-state index is 13.3. The lowest BCUT2D eigenvalue weighted by molar-refractivity contribution is -0.142. The van der Waals surface area contributed by atoms with Crippen molar-refractivity contribution in [3.05, 3.63) is 83.3 Å². The van der Waals surface area contributed by atoms with Gasteiger partial charge in [0.05, 0.1) is 13.7 Å². The molecule has 1 aromatic carbocycles. The van der Waals surface area contributed by atoms with Gasteiger partial charge >= 0.3 is 5.97 Å². The van der Waals surface area contributed by atoms with E-state index in [1.807, 2.05) is 0 Å². The molecular weight excluding hydrogens is 394 g/mol. The maximum absolute atomic E-state index is 13.3. The van der Waals surface area contributed by atoms with E-state index < -0.39 is 17.8 Å². The molecule has 0 bridgehead atoms. The minimum absolute atomic E-state index is 0.0972. The molecule has 1 atom stereocenters. The van der Waals surface area contributed by atoms with Crippen LogP contribution in [-0.4, -0.2) is 34.1 Å². The summed E-state index contributed by atoms with van der Waals surface area (Å²) in [6.07, 6.45) is 3.08. The van der Waals surface area contributed by atoms with Crippen LogP contribution in [0.1, 0.15) is 17.0 Å². The molecule has 148 valence electrons. The van der Waals surface area contributed by atoms with Gasteiger partial charge < -0.3 is 9.84 Å². The number of nitrogens with zero attached hydrogens (tertiary/aromatic N) is 3. The fourth-order valence-corrected chi connectivity index (χ4v) is 2.92. The number of methoxy groups -OCH3 is 1. The first-order valence-corrected chi connectivity index (χ1v) is 9.07. The van der Waals surface area contributed by atoms with Gasteiger partial charge in [0.25, 0.3) is 0 Å². The molecule has 1 N–H and O–H groups in total. The van der Waals surface area contributed by atoms with Crippen molar-refractivity contribution in [3.8, 4) is 5.75 Å². The SMILES string of the molecule is COc1ccc(C(C(=O)O)C(=O)N(Cc2ccc(Cl)nc2)c2ccccn2)cc1. The number of ether oxygens (including phenoxy) is 1. The Morgan fingerprint density at radius 3 is 2.41 bits per heavy atom. The van der Waals surface area contributed by atoms with Gasteiger partial charge in [-0.2, -0.15) is 0 Å². The highest BCUT2D eigenvalue weighted by Crippen LogP contribution is 2.25. The van der Waals surface area contributed by atoms with E-state index in [1.54, 1.807) is 60.8 Å². The van der Waals surface area contributed by atoms with Crippen LogP contribution in [0.2, 0.25) is 5.15 Å². The summed E-state index contributed by atoms with van der Waals surface area (Å²) in [7, 11) is 1.51. The molecule has 0 aliphatic rings. The zero-order valence-electron chi connectivity index (χ0n) is 15.5. The molecule has 2 aromatic heterocycles. The maximum Gasteiger partial charge on any atom is 0.320 e. The van der Waals surface area contributed by atoms with Gasteiger partial charge in [0.15, 0.2) is 5.92 Å². The van der Waals surface area contributed by atoms with Crippen LogP contribution in [-0.2, 0) is 16.1 Å². The smallest absolute Gasteiger partial charge is 0.320 e. The van der Waals surface area contributed by atoms with E-state index in [0.717, 1.165) is 0 Å². The topological polar surface area (TPSA) is 92.6 Å². The van der Waals surface area contributed by atoms with Crippen molar-refractivity contribution in [3.63, 3.8) is 0 Å². The molecule has 2 heterocycles. The van der Waals surface area contributed by atoms with Crippen LogP contribution in [0.4, 0.5) is 5.82 Å². The number of carboxylic acid groups (broad SMARTS) is 1. The third-order valence-electron chi connectivity index (χ3n) is 4.26. The highest BCUT2D eigenvalue weighted by molar-refractivity contribution is 6.29. The fourth-order valence-electron chi connectivity index (χ4n) is 2.81. The molecule has 0 saturated carbocycles. The molecule has 0 spiro atoms. The fraction of sp³-hybridized carbons (Fsp3) is 0.143. The Morgan fingerprint density at radius 2 is 1.86 bits per heavy atom. The molecule has 29 heavy (non-hydrogen) atoms. The Labute approximate surface area is 172 Å². The second-order valence-corrected chi connectivity index (χ2v) is 6.53. The average molecular weight is 412 g/mol. The van der Waals surface area contributed by atoms with Gasteiger partial charge in [0.1, 0.15) is 16.7 Å². The summed E-state index contributed by atoms with van der Waals surface area (Å²) < 4.78 is 5.10. The van der Waals surface area contributed by atoms with Gasteiger partial charge in [0.2, 0.25) is 5.91 Å². The van der Waals surface area contributed by atoms with E-state index in [-0.39, 0.29) is 6.54 Å². The number of anilines is 1. The summed E-state index contributed by atoms with van der Waals surface area (Å²) in [5, 5.41) is 10.1. The molecule has 1 amide bonds. The van der Waals surface area contributed by atoms with E-state index in [0.29, 0.717) is 27.8 Å². The zero-order chi connectivity index (χ0) is 20.8. The minimum atomic E-state index is -1.40. The molecule has 0 aliphatic carbocycles. The second kappa shape index (κ2) is 9.16. The number of aromatic nitrogens is 2. The van der Waals surface area contributed by atoms with Crippen LogP contribution in [0.5, 0.6) is 5.75 Å². The first-order chi connectivity index (χ1) is 14.0. The number of carboxylic acids is 1. The van der Waals surface area contributed by atoms with Gasteiger partial charge in [-0.15, -0.1) is 0 Å². The van der Waals surface area contributed by atoms with E-state index >= 15 is 0 Å². The van der Waals surface area contributed by atoms with E-state index in [2.05, 4.69) is 9.97 Å². The number of carbonyl (C=O) groups excluding carboxylic acids is 1. The number of benzene rings is 1. The molecule has 0 aliphatic heterocycles. The number of hydrogen-bond acceptors (Lipinski definition) is 5. The highest BCUT2D eigenvalue weighted by Gasteiger charge is 2.33. The second-order valence-electron chi connectivity index (χ2n) is 6.15. The number of pyridine rings is 2. The lowest BCUT2D eigenvalue weighted by atomic mass is 9.97. The molecule has 3 rings (SSSR count). The van der Waals surface area contributed by atoms with Gasteiger partial charge in [0, 0.05) is 12.4 Å². The summed E-state index contributed by atoms with van der Waals surface area (Å²) >= 11 is 5.83. The van der Waals surface area contributed by atoms with E-state index in [9.17, 15) is 14.7 Å². The summed E-state index contributed by atoms with van der Waals surface area (Å²) in [4.78, 5) is 34.9.